The third-order valence-electron chi connectivity index (χ3n) is 3.68. The number of rotatable bonds is 4. The molecule has 128 valence electrons. The highest BCUT2D eigenvalue weighted by Gasteiger charge is 2.19. The fraction of sp³-hybridized carbons (Fsp3) is 0.412. The summed E-state index contributed by atoms with van der Waals surface area (Å²) in [4.78, 5) is 12.2. The minimum atomic E-state index is -0.450. The average Bonchev–Trinajstić information content (AvgIpc) is 2.75. The van der Waals surface area contributed by atoms with Crippen LogP contribution >= 0.6 is 11.6 Å². The Morgan fingerprint density at radius 2 is 2.08 bits per heavy atom. The van der Waals surface area contributed by atoms with Gasteiger partial charge in [-0.2, -0.15) is 5.10 Å². The standard InChI is InChI=1S/C17H19ClN2O4/c1-11-8-12(2)20(19-11)4-7-24-17(21)13-9-14(18)16-15(10-13)22-5-3-6-23-16/h8-10H,3-7H2,1-2H3. The maximum Gasteiger partial charge on any atom is 0.338 e. The highest BCUT2D eigenvalue weighted by molar-refractivity contribution is 6.32. The third-order valence-corrected chi connectivity index (χ3v) is 3.96. The molecule has 2 aromatic rings. The van der Waals surface area contributed by atoms with E-state index in [1.165, 1.54) is 0 Å². The molecule has 0 radical (unpaired) electrons. The first-order valence-corrected chi connectivity index (χ1v) is 8.19. The molecule has 1 aliphatic rings. The number of hydrogen-bond acceptors (Lipinski definition) is 5. The van der Waals surface area contributed by atoms with Crippen LogP contribution in [0.2, 0.25) is 5.02 Å². The molecule has 0 N–H and O–H groups in total. The van der Waals surface area contributed by atoms with Gasteiger partial charge in [-0.05, 0) is 32.0 Å². The molecule has 24 heavy (non-hydrogen) atoms. The lowest BCUT2D eigenvalue weighted by Gasteiger charge is -2.11. The summed E-state index contributed by atoms with van der Waals surface area (Å²) in [5, 5.41) is 4.68. The summed E-state index contributed by atoms with van der Waals surface area (Å²) in [6, 6.07) is 5.13. The molecule has 1 aliphatic heterocycles. The SMILES string of the molecule is Cc1cc(C)n(CCOC(=O)c2cc(Cl)c3c(c2)OCCCO3)n1. The van der Waals surface area contributed by atoms with Gasteiger partial charge in [-0.25, -0.2) is 4.79 Å². The molecule has 2 heterocycles. The number of fused-ring (bicyclic) bond motifs is 1. The first-order chi connectivity index (χ1) is 11.5. The minimum absolute atomic E-state index is 0.229. The van der Waals surface area contributed by atoms with E-state index in [2.05, 4.69) is 5.10 Å². The van der Waals surface area contributed by atoms with Crippen LogP contribution < -0.4 is 9.47 Å². The predicted octanol–water partition coefficient (Wildman–Crippen LogP) is 3.17. The third kappa shape index (κ3) is 3.64. The quantitative estimate of drug-likeness (QED) is 0.792. The Morgan fingerprint density at radius 1 is 1.29 bits per heavy atom. The van der Waals surface area contributed by atoms with E-state index in [0.717, 1.165) is 17.8 Å². The van der Waals surface area contributed by atoms with Gasteiger partial charge in [0.15, 0.2) is 11.5 Å². The highest BCUT2D eigenvalue weighted by Crippen LogP contribution is 2.38. The molecule has 0 atom stereocenters. The summed E-state index contributed by atoms with van der Waals surface area (Å²) < 4.78 is 18.3. The molecule has 0 saturated carbocycles. The first kappa shape index (κ1) is 16.6. The van der Waals surface area contributed by atoms with Crippen LogP contribution in [0.3, 0.4) is 0 Å². The molecule has 0 fully saturated rings. The number of ether oxygens (including phenoxy) is 3. The molecule has 0 aliphatic carbocycles. The van der Waals surface area contributed by atoms with Gasteiger partial charge in [-0.15, -0.1) is 0 Å². The second kappa shape index (κ2) is 7.13. The van der Waals surface area contributed by atoms with Crippen LogP contribution in [0.25, 0.3) is 0 Å². The molecule has 1 aromatic carbocycles. The fourth-order valence-electron chi connectivity index (χ4n) is 2.56. The summed E-state index contributed by atoms with van der Waals surface area (Å²) in [7, 11) is 0. The zero-order chi connectivity index (χ0) is 17.1. The van der Waals surface area contributed by atoms with Gasteiger partial charge in [0.2, 0.25) is 0 Å². The van der Waals surface area contributed by atoms with Crippen molar-refractivity contribution < 1.29 is 19.0 Å². The van der Waals surface area contributed by atoms with E-state index < -0.39 is 5.97 Å². The topological polar surface area (TPSA) is 62.6 Å². The van der Waals surface area contributed by atoms with Gasteiger partial charge in [0.25, 0.3) is 0 Å². The van der Waals surface area contributed by atoms with Crippen molar-refractivity contribution in [3.63, 3.8) is 0 Å². The number of nitrogens with zero attached hydrogens (tertiary/aromatic N) is 2. The van der Waals surface area contributed by atoms with E-state index in [4.69, 9.17) is 25.8 Å². The average molecular weight is 351 g/mol. The molecule has 0 bridgehead atoms. The van der Waals surface area contributed by atoms with Crippen molar-refractivity contribution in [2.24, 2.45) is 0 Å². The maximum atomic E-state index is 12.2. The van der Waals surface area contributed by atoms with Gasteiger partial charge in [0.05, 0.1) is 36.0 Å². The summed E-state index contributed by atoms with van der Waals surface area (Å²) in [6.07, 6.45) is 0.771. The van der Waals surface area contributed by atoms with Crippen molar-refractivity contribution in [3.05, 3.63) is 40.2 Å². The lowest BCUT2D eigenvalue weighted by molar-refractivity contribution is 0.0486. The number of esters is 1. The number of benzene rings is 1. The zero-order valence-corrected chi connectivity index (χ0v) is 14.4. The van der Waals surface area contributed by atoms with E-state index in [9.17, 15) is 4.79 Å². The monoisotopic (exact) mass is 350 g/mol. The van der Waals surface area contributed by atoms with Gasteiger partial charge in [0, 0.05) is 12.1 Å². The van der Waals surface area contributed by atoms with Crippen molar-refractivity contribution >= 4 is 17.6 Å². The number of halogens is 1. The number of carbonyl (C=O) groups excluding carboxylic acids is 1. The van der Waals surface area contributed by atoms with Gasteiger partial charge in [-0.1, -0.05) is 11.6 Å². The van der Waals surface area contributed by atoms with Crippen molar-refractivity contribution in [2.75, 3.05) is 19.8 Å². The Kier molecular flexibility index (Phi) is 4.94. The summed E-state index contributed by atoms with van der Waals surface area (Å²) in [5.74, 6) is 0.507. The van der Waals surface area contributed by atoms with Gasteiger partial charge >= 0.3 is 5.97 Å². The van der Waals surface area contributed by atoms with E-state index in [1.54, 1.807) is 12.1 Å². The Morgan fingerprint density at radius 3 is 2.83 bits per heavy atom. The zero-order valence-electron chi connectivity index (χ0n) is 13.7. The van der Waals surface area contributed by atoms with Crippen LogP contribution in [0, 0.1) is 13.8 Å². The largest absolute Gasteiger partial charge is 0.489 e. The maximum absolute atomic E-state index is 12.2. The van der Waals surface area contributed by atoms with Crippen LogP contribution in [0.4, 0.5) is 0 Å². The van der Waals surface area contributed by atoms with Crippen LogP contribution in [0.1, 0.15) is 28.2 Å². The van der Waals surface area contributed by atoms with Crippen LogP contribution in [0.5, 0.6) is 11.5 Å². The van der Waals surface area contributed by atoms with Crippen molar-refractivity contribution in [3.8, 4) is 11.5 Å². The second-order valence-electron chi connectivity index (χ2n) is 5.62. The number of hydrogen-bond donors (Lipinski definition) is 0. The Bertz CT molecular complexity index is 757. The lowest BCUT2D eigenvalue weighted by Crippen LogP contribution is -2.13. The molecule has 1 aromatic heterocycles. The van der Waals surface area contributed by atoms with Crippen molar-refractivity contribution in [2.45, 2.75) is 26.8 Å². The van der Waals surface area contributed by atoms with Crippen LogP contribution in [-0.4, -0.2) is 35.6 Å². The molecule has 0 saturated heterocycles. The molecule has 0 amide bonds. The van der Waals surface area contributed by atoms with Crippen LogP contribution in [0.15, 0.2) is 18.2 Å². The number of aromatic nitrogens is 2. The highest BCUT2D eigenvalue weighted by atomic mass is 35.5. The van der Waals surface area contributed by atoms with E-state index in [1.807, 2.05) is 24.6 Å². The molecular weight excluding hydrogens is 332 g/mol. The second-order valence-corrected chi connectivity index (χ2v) is 6.03. The van der Waals surface area contributed by atoms with Gasteiger partial charge in [0.1, 0.15) is 6.61 Å². The molecule has 3 rings (SSSR count). The number of carbonyl (C=O) groups is 1. The van der Waals surface area contributed by atoms with E-state index in [-0.39, 0.29) is 6.61 Å². The van der Waals surface area contributed by atoms with E-state index >= 15 is 0 Å². The Labute approximate surface area is 145 Å². The predicted molar refractivity (Wildman–Crippen MR) is 89.0 cm³/mol. The van der Waals surface area contributed by atoms with Crippen LogP contribution in [-0.2, 0) is 11.3 Å². The molecule has 0 spiro atoms. The normalized spacial score (nSPS) is 13.5. The van der Waals surface area contributed by atoms with Gasteiger partial charge < -0.3 is 14.2 Å². The summed E-state index contributed by atoms with van der Waals surface area (Å²) in [6.45, 7) is 5.69. The van der Waals surface area contributed by atoms with Gasteiger partial charge in [-0.3, -0.25) is 4.68 Å². The first-order valence-electron chi connectivity index (χ1n) is 7.82. The Balaban J connectivity index is 1.65. The summed E-state index contributed by atoms with van der Waals surface area (Å²) in [5.41, 5.74) is 2.31. The molecule has 0 unspecified atom stereocenters. The fourth-order valence-corrected chi connectivity index (χ4v) is 2.82. The molecular formula is C17H19ClN2O4. The minimum Gasteiger partial charge on any atom is -0.489 e. The van der Waals surface area contributed by atoms with Crippen molar-refractivity contribution in [1.82, 2.24) is 9.78 Å². The van der Waals surface area contributed by atoms with E-state index in [0.29, 0.717) is 41.8 Å². The lowest BCUT2D eigenvalue weighted by atomic mass is 10.2. The molecule has 6 nitrogen and oxygen atoms in total. The summed E-state index contributed by atoms with van der Waals surface area (Å²) >= 11 is 6.19. The number of aryl methyl sites for hydroxylation is 2. The Hall–Kier alpha value is -2.21. The van der Waals surface area contributed by atoms with Crippen molar-refractivity contribution in [1.29, 1.82) is 0 Å². The smallest absolute Gasteiger partial charge is 0.338 e. The molecule has 7 heteroatoms.